The van der Waals surface area contributed by atoms with Gasteiger partial charge in [0.1, 0.15) is 11.5 Å². The predicted octanol–water partition coefficient (Wildman–Crippen LogP) is 3.41. The summed E-state index contributed by atoms with van der Waals surface area (Å²) in [4.78, 5) is 12.5. The van der Waals surface area contributed by atoms with Crippen LogP contribution in [0.25, 0.3) is 0 Å². The van der Waals surface area contributed by atoms with Crippen LogP contribution in [0.3, 0.4) is 0 Å². The minimum absolute atomic E-state index is 0.106. The van der Waals surface area contributed by atoms with Crippen molar-refractivity contribution in [3.05, 3.63) is 40.1 Å². The van der Waals surface area contributed by atoms with Crippen molar-refractivity contribution in [1.29, 1.82) is 0 Å². The first kappa shape index (κ1) is 14.6. The smallest absolute Gasteiger partial charge is 0.172 e. The van der Waals surface area contributed by atoms with Gasteiger partial charge in [-0.05, 0) is 40.2 Å². The molecule has 0 aliphatic heterocycles. The van der Waals surface area contributed by atoms with Gasteiger partial charge in [-0.2, -0.15) is 5.10 Å². The fraction of sp³-hybridized carbons (Fsp3) is 0.500. The van der Waals surface area contributed by atoms with Crippen LogP contribution in [0.2, 0.25) is 0 Å². The molecule has 0 unspecified atom stereocenters. The third kappa shape index (κ3) is 2.55. The van der Waals surface area contributed by atoms with Crippen molar-refractivity contribution >= 4 is 5.78 Å². The topological polar surface area (TPSA) is 48.0 Å². The Balaban J connectivity index is 2.30. The number of hydrogen-bond donors (Lipinski definition) is 0. The molecule has 0 fully saturated rings. The van der Waals surface area contributed by atoms with Gasteiger partial charge in [-0.3, -0.25) is 9.48 Å². The van der Waals surface area contributed by atoms with Gasteiger partial charge in [0.05, 0.1) is 17.7 Å². The maximum atomic E-state index is 12.5. The van der Waals surface area contributed by atoms with Gasteiger partial charge in [0, 0.05) is 17.8 Å². The molecule has 0 radical (unpaired) electrons. The molecule has 0 saturated carbocycles. The number of hydrogen-bond acceptors (Lipinski definition) is 3. The van der Waals surface area contributed by atoms with E-state index in [9.17, 15) is 4.79 Å². The van der Waals surface area contributed by atoms with Gasteiger partial charge < -0.3 is 4.42 Å². The van der Waals surface area contributed by atoms with E-state index in [4.69, 9.17) is 4.42 Å². The highest BCUT2D eigenvalue weighted by Crippen LogP contribution is 2.22. The van der Waals surface area contributed by atoms with Crippen molar-refractivity contribution in [2.45, 2.75) is 54.0 Å². The Kier molecular flexibility index (Phi) is 4.12. The van der Waals surface area contributed by atoms with E-state index in [2.05, 4.69) is 12.0 Å². The SMILES string of the molecule is CCc1cc(CC(=O)c2c(C)oc(C)c2C)n(CC)n1. The van der Waals surface area contributed by atoms with Crippen LogP contribution in [-0.2, 0) is 19.4 Å². The molecular formula is C16H22N2O2. The number of ketones is 1. The van der Waals surface area contributed by atoms with E-state index < -0.39 is 0 Å². The molecule has 2 heterocycles. The van der Waals surface area contributed by atoms with Crippen molar-refractivity contribution in [2.24, 2.45) is 0 Å². The maximum Gasteiger partial charge on any atom is 0.172 e. The Morgan fingerprint density at radius 3 is 2.45 bits per heavy atom. The molecule has 0 amide bonds. The van der Waals surface area contributed by atoms with Crippen LogP contribution in [0.15, 0.2) is 10.5 Å². The first-order valence-corrected chi connectivity index (χ1v) is 7.13. The van der Waals surface area contributed by atoms with Gasteiger partial charge in [0.25, 0.3) is 0 Å². The average molecular weight is 274 g/mol. The minimum Gasteiger partial charge on any atom is -0.466 e. The highest BCUT2D eigenvalue weighted by Gasteiger charge is 2.20. The number of carbonyl (C=O) groups is 1. The number of Topliss-reactive ketones (excluding diaryl/α,β-unsaturated/α-hetero) is 1. The highest BCUT2D eigenvalue weighted by atomic mass is 16.3. The van der Waals surface area contributed by atoms with E-state index in [0.29, 0.717) is 12.2 Å². The van der Waals surface area contributed by atoms with E-state index in [0.717, 1.165) is 41.2 Å². The van der Waals surface area contributed by atoms with Crippen LogP contribution in [0.4, 0.5) is 0 Å². The van der Waals surface area contributed by atoms with Gasteiger partial charge >= 0.3 is 0 Å². The van der Waals surface area contributed by atoms with Gasteiger partial charge in [-0.25, -0.2) is 0 Å². The van der Waals surface area contributed by atoms with E-state index >= 15 is 0 Å². The van der Waals surface area contributed by atoms with Gasteiger partial charge in [0.2, 0.25) is 0 Å². The number of aromatic nitrogens is 2. The molecule has 4 nitrogen and oxygen atoms in total. The first-order valence-electron chi connectivity index (χ1n) is 7.13. The number of carbonyl (C=O) groups excluding carboxylic acids is 1. The summed E-state index contributed by atoms with van der Waals surface area (Å²) in [5.41, 5.74) is 3.69. The van der Waals surface area contributed by atoms with Crippen LogP contribution < -0.4 is 0 Å². The van der Waals surface area contributed by atoms with Crippen molar-refractivity contribution in [3.8, 4) is 0 Å². The number of rotatable bonds is 5. The van der Waals surface area contributed by atoms with Crippen LogP contribution >= 0.6 is 0 Å². The standard InChI is InChI=1S/C16H22N2O2/c1-6-13-8-14(18(7-2)17-13)9-15(19)16-10(3)11(4)20-12(16)5/h8H,6-7,9H2,1-5H3. The van der Waals surface area contributed by atoms with Crippen molar-refractivity contribution in [1.82, 2.24) is 9.78 Å². The second-order valence-corrected chi connectivity index (χ2v) is 5.11. The summed E-state index contributed by atoms with van der Waals surface area (Å²) < 4.78 is 7.45. The second kappa shape index (κ2) is 5.65. The highest BCUT2D eigenvalue weighted by molar-refractivity contribution is 5.99. The molecule has 20 heavy (non-hydrogen) atoms. The van der Waals surface area contributed by atoms with Gasteiger partial charge in [0.15, 0.2) is 5.78 Å². The summed E-state index contributed by atoms with van der Waals surface area (Å²) in [5.74, 6) is 1.64. The Hall–Kier alpha value is -1.84. The Morgan fingerprint density at radius 1 is 1.25 bits per heavy atom. The molecule has 0 aliphatic rings. The predicted molar refractivity (Wildman–Crippen MR) is 78.2 cm³/mol. The molecule has 2 rings (SSSR count). The zero-order valence-corrected chi connectivity index (χ0v) is 12.9. The molecule has 2 aromatic heterocycles. The summed E-state index contributed by atoms with van der Waals surface area (Å²) in [6.45, 7) is 10.6. The van der Waals surface area contributed by atoms with Crippen LogP contribution in [-0.4, -0.2) is 15.6 Å². The Bertz CT molecular complexity index is 635. The molecule has 2 aromatic rings. The fourth-order valence-electron chi connectivity index (χ4n) is 2.56. The quantitative estimate of drug-likeness (QED) is 0.785. The largest absolute Gasteiger partial charge is 0.466 e. The first-order chi connectivity index (χ1) is 9.47. The van der Waals surface area contributed by atoms with Gasteiger partial charge in [-0.1, -0.05) is 6.92 Å². The van der Waals surface area contributed by atoms with Crippen molar-refractivity contribution < 1.29 is 9.21 Å². The van der Waals surface area contributed by atoms with Gasteiger partial charge in [-0.15, -0.1) is 0 Å². The third-order valence-corrected chi connectivity index (χ3v) is 3.76. The number of nitrogens with zero attached hydrogens (tertiary/aromatic N) is 2. The zero-order valence-electron chi connectivity index (χ0n) is 12.9. The average Bonchev–Trinajstić information content (AvgIpc) is 2.91. The summed E-state index contributed by atoms with van der Waals surface area (Å²) in [6, 6.07) is 2.03. The van der Waals surface area contributed by atoms with Crippen molar-refractivity contribution in [3.63, 3.8) is 0 Å². The lowest BCUT2D eigenvalue weighted by molar-refractivity contribution is 0.0988. The monoisotopic (exact) mass is 274 g/mol. The Morgan fingerprint density at radius 2 is 1.95 bits per heavy atom. The zero-order chi connectivity index (χ0) is 14.9. The Labute approximate surface area is 119 Å². The molecule has 0 aromatic carbocycles. The van der Waals surface area contributed by atoms with E-state index in [1.54, 1.807) is 0 Å². The van der Waals surface area contributed by atoms with Crippen LogP contribution in [0.1, 0.15) is 52.7 Å². The molecule has 0 atom stereocenters. The summed E-state index contributed by atoms with van der Waals surface area (Å²) >= 11 is 0. The summed E-state index contributed by atoms with van der Waals surface area (Å²) in [7, 11) is 0. The van der Waals surface area contributed by atoms with Crippen LogP contribution in [0, 0.1) is 20.8 Å². The number of furan rings is 1. The van der Waals surface area contributed by atoms with E-state index in [-0.39, 0.29) is 5.78 Å². The lowest BCUT2D eigenvalue weighted by Crippen LogP contribution is -2.11. The third-order valence-electron chi connectivity index (χ3n) is 3.76. The van der Waals surface area contributed by atoms with E-state index in [1.165, 1.54) is 0 Å². The molecule has 0 saturated heterocycles. The molecular weight excluding hydrogens is 252 g/mol. The lowest BCUT2D eigenvalue weighted by Gasteiger charge is -2.04. The van der Waals surface area contributed by atoms with E-state index in [1.807, 2.05) is 38.4 Å². The maximum absolute atomic E-state index is 12.5. The molecule has 4 heteroatoms. The minimum atomic E-state index is 0.106. The lowest BCUT2D eigenvalue weighted by atomic mass is 10.0. The van der Waals surface area contributed by atoms with Crippen LogP contribution in [0.5, 0.6) is 0 Å². The molecule has 108 valence electrons. The molecule has 0 spiro atoms. The summed E-state index contributed by atoms with van der Waals surface area (Å²) in [6.07, 6.45) is 1.26. The second-order valence-electron chi connectivity index (χ2n) is 5.11. The summed E-state index contributed by atoms with van der Waals surface area (Å²) in [5, 5.41) is 4.48. The molecule has 0 bridgehead atoms. The van der Waals surface area contributed by atoms with Crippen molar-refractivity contribution in [2.75, 3.05) is 0 Å². The number of aryl methyl sites for hydroxylation is 4. The molecule has 0 aliphatic carbocycles. The normalized spacial score (nSPS) is 11.1. The molecule has 0 N–H and O–H groups in total. The fourth-order valence-corrected chi connectivity index (χ4v) is 2.56.